The second kappa shape index (κ2) is 5.83. The maximum Gasteiger partial charge on any atom is 0.240 e. The highest BCUT2D eigenvalue weighted by atomic mass is 32.2. The van der Waals surface area contributed by atoms with Gasteiger partial charge in [0.1, 0.15) is 0 Å². The summed E-state index contributed by atoms with van der Waals surface area (Å²) >= 11 is 1.46. The van der Waals surface area contributed by atoms with Crippen LogP contribution in [0.4, 0.5) is 0 Å². The van der Waals surface area contributed by atoms with Gasteiger partial charge in [-0.3, -0.25) is 0 Å². The van der Waals surface area contributed by atoms with Gasteiger partial charge < -0.3 is 5.11 Å². The zero-order chi connectivity index (χ0) is 13.9. The Balaban J connectivity index is 2.06. The summed E-state index contributed by atoms with van der Waals surface area (Å²) in [5.74, 6) is 0. The first-order chi connectivity index (χ1) is 8.99. The lowest BCUT2D eigenvalue weighted by Crippen LogP contribution is -2.28. The quantitative estimate of drug-likeness (QED) is 0.888. The number of aryl methyl sites for hydroxylation is 1. The van der Waals surface area contributed by atoms with Gasteiger partial charge in [-0.25, -0.2) is 13.1 Å². The summed E-state index contributed by atoms with van der Waals surface area (Å²) in [4.78, 5) is 0.213. The molecular weight excluding hydrogens is 282 g/mol. The maximum atomic E-state index is 12.0. The van der Waals surface area contributed by atoms with Gasteiger partial charge in [-0.05, 0) is 47.0 Å². The molecule has 0 saturated heterocycles. The molecule has 0 bridgehead atoms. The average Bonchev–Trinajstić information content (AvgIpc) is 2.90. The molecule has 4 nitrogen and oxygen atoms in total. The molecule has 0 aliphatic rings. The Bertz CT molecular complexity index is 636. The van der Waals surface area contributed by atoms with Crippen molar-refractivity contribution in [2.24, 2.45) is 0 Å². The Hall–Kier alpha value is -1.21. The molecule has 0 spiro atoms. The second-order valence-corrected chi connectivity index (χ2v) is 6.79. The van der Waals surface area contributed by atoms with Crippen molar-refractivity contribution < 1.29 is 13.5 Å². The van der Waals surface area contributed by atoms with Crippen molar-refractivity contribution in [1.29, 1.82) is 0 Å². The molecule has 0 fully saturated rings. The van der Waals surface area contributed by atoms with Crippen molar-refractivity contribution in [3.63, 3.8) is 0 Å². The molecule has 1 aromatic carbocycles. The summed E-state index contributed by atoms with van der Waals surface area (Å²) in [7, 11) is -3.58. The van der Waals surface area contributed by atoms with Gasteiger partial charge in [-0.1, -0.05) is 12.1 Å². The van der Waals surface area contributed by atoms with Crippen LogP contribution in [0, 0.1) is 6.92 Å². The Morgan fingerprint density at radius 1 is 1.37 bits per heavy atom. The fraction of sp³-hybridized carbons (Fsp3) is 0.231. The molecule has 1 heterocycles. The van der Waals surface area contributed by atoms with Gasteiger partial charge in [0, 0.05) is 6.54 Å². The number of sulfonamides is 1. The van der Waals surface area contributed by atoms with E-state index in [2.05, 4.69) is 4.72 Å². The molecule has 2 aromatic rings. The molecule has 0 aliphatic heterocycles. The van der Waals surface area contributed by atoms with Crippen molar-refractivity contribution in [1.82, 2.24) is 4.72 Å². The summed E-state index contributed by atoms with van der Waals surface area (Å²) in [5.41, 5.74) is 1.60. The molecule has 1 atom stereocenters. The molecule has 0 radical (unpaired) electrons. The predicted octanol–water partition coefficient (Wildman–Crippen LogP) is 2.07. The first-order valence-corrected chi connectivity index (χ1v) is 8.18. The lowest BCUT2D eigenvalue weighted by molar-refractivity contribution is 0.182. The molecule has 0 saturated carbocycles. The third-order valence-electron chi connectivity index (χ3n) is 2.69. The van der Waals surface area contributed by atoms with E-state index in [4.69, 9.17) is 0 Å². The minimum atomic E-state index is -3.58. The van der Waals surface area contributed by atoms with Gasteiger partial charge in [0.15, 0.2) is 0 Å². The summed E-state index contributed by atoms with van der Waals surface area (Å²) in [6.07, 6.45) is -0.828. The fourth-order valence-corrected chi connectivity index (χ4v) is 3.49. The van der Waals surface area contributed by atoms with Gasteiger partial charge in [-0.2, -0.15) is 11.3 Å². The zero-order valence-electron chi connectivity index (χ0n) is 10.4. The van der Waals surface area contributed by atoms with E-state index in [1.54, 1.807) is 23.6 Å². The Kier molecular flexibility index (Phi) is 4.36. The normalized spacial score (nSPS) is 13.4. The third kappa shape index (κ3) is 3.63. The van der Waals surface area contributed by atoms with Gasteiger partial charge >= 0.3 is 0 Å². The molecule has 1 aromatic heterocycles. The fourth-order valence-electron chi connectivity index (χ4n) is 1.64. The SMILES string of the molecule is Cc1cccc(S(=O)(=O)NC[C@H](O)c2ccsc2)c1. The highest BCUT2D eigenvalue weighted by Crippen LogP contribution is 2.16. The van der Waals surface area contributed by atoms with E-state index in [1.807, 2.05) is 18.4 Å². The van der Waals surface area contributed by atoms with Gasteiger partial charge in [-0.15, -0.1) is 0 Å². The van der Waals surface area contributed by atoms with Gasteiger partial charge in [0.05, 0.1) is 11.0 Å². The third-order valence-corrected chi connectivity index (χ3v) is 4.82. The van der Waals surface area contributed by atoms with Crippen molar-refractivity contribution >= 4 is 21.4 Å². The molecule has 0 aliphatic carbocycles. The molecule has 0 amide bonds. The van der Waals surface area contributed by atoms with Crippen molar-refractivity contribution in [2.75, 3.05) is 6.54 Å². The van der Waals surface area contributed by atoms with E-state index in [0.29, 0.717) is 0 Å². The molecular formula is C13H15NO3S2. The Morgan fingerprint density at radius 2 is 2.16 bits per heavy atom. The highest BCUT2D eigenvalue weighted by molar-refractivity contribution is 7.89. The van der Waals surface area contributed by atoms with Crippen LogP contribution in [0.3, 0.4) is 0 Å². The van der Waals surface area contributed by atoms with Crippen LogP contribution in [0.2, 0.25) is 0 Å². The number of rotatable bonds is 5. The van der Waals surface area contributed by atoms with E-state index in [1.165, 1.54) is 17.4 Å². The van der Waals surface area contributed by atoms with Crippen molar-refractivity contribution in [3.8, 4) is 0 Å². The number of nitrogens with one attached hydrogen (secondary N) is 1. The number of hydrogen-bond acceptors (Lipinski definition) is 4. The van der Waals surface area contributed by atoms with E-state index >= 15 is 0 Å². The minimum Gasteiger partial charge on any atom is -0.387 e. The number of hydrogen-bond donors (Lipinski definition) is 2. The van der Waals surface area contributed by atoms with Crippen molar-refractivity contribution in [3.05, 3.63) is 52.2 Å². The summed E-state index contributed by atoms with van der Waals surface area (Å²) in [6.45, 7) is 1.80. The largest absolute Gasteiger partial charge is 0.387 e. The predicted molar refractivity (Wildman–Crippen MR) is 75.6 cm³/mol. The standard InChI is InChI=1S/C13H15NO3S2/c1-10-3-2-4-12(7-10)19(16,17)14-8-13(15)11-5-6-18-9-11/h2-7,9,13-15H,8H2,1H3/t13-/m0/s1. The van der Waals surface area contributed by atoms with Gasteiger partial charge in [0.2, 0.25) is 10.0 Å². The lowest BCUT2D eigenvalue weighted by atomic mass is 10.2. The van der Waals surface area contributed by atoms with Crippen molar-refractivity contribution in [2.45, 2.75) is 17.9 Å². The first-order valence-electron chi connectivity index (χ1n) is 5.75. The topological polar surface area (TPSA) is 66.4 Å². The maximum absolute atomic E-state index is 12.0. The smallest absolute Gasteiger partial charge is 0.240 e. The molecule has 0 unspecified atom stereocenters. The number of aliphatic hydroxyl groups excluding tert-OH is 1. The van der Waals surface area contributed by atoms with E-state index in [9.17, 15) is 13.5 Å². The lowest BCUT2D eigenvalue weighted by Gasteiger charge is -2.11. The van der Waals surface area contributed by atoms with Crippen LogP contribution >= 0.6 is 11.3 Å². The summed E-state index contributed by atoms with van der Waals surface area (Å²) in [5, 5.41) is 13.5. The number of thiophene rings is 1. The van der Waals surface area contributed by atoms with Crippen LogP contribution in [0.5, 0.6) is 0 Å². The van der Waals surface area contributed by atoms with Gasteiger partial charge in [0.25, 0.3) is 0 Å². The van der Waals surface area contributed by atoms with E-state index < -0.39 is 16.1 Å². The van der Waals surface area contributed by atoms with Crippen LogP contribution in [0.1, 0.15) is 17.2 Å². The van der Waals surface area contributed by atoms with Crippen LogP contribution in [-0.2, 0) is 10.0 Å². The van der Waals surface area contributed by atoms with E-state index in [0.717, 1.165) is 11.1 Å². The number of benzene rings is 1. The number of aliphatic hydroxyl groups is 1. The van der Waals surface area contributed by atoms with Crippen LogP contribution in [0.25, 0.3) is 0 Å². The Morgan fingerprint density at radius 3 is 2.79 bits per heavy atom. The van der Waals surface area contributed by atoms with E-state index in [-0.39, 0.29) is 11.4 Å². The summed E-state index contributed by atoms with van der Waals surface area (Å²) < 4.78 is 26.5. The molecule has 2 N–H and O–H groups in total. The highest BCUT2D eigenvalue weighted by Gasteiger charge is 2.16. The Labute approximate surface area is 116 Å². The molecule has 102 valence electrons. The second-order valence-electron chi connectivity index (χ2n) is 4.24. The zero-order valence-corrected chi connectivity index (χ0v) is 12.0. The van der Waals surface area contributed by atoms with Crippen LogP contribution in [-0.4, -0.2) is 20.1 Å². The molecule has 6 heteroatoms. The molecule has 19 heavy (non-hydrogen) atoms. The monoisotopic (exact) mass is 297 g/mol. The van der Waals surface area contributed by atoms with Crippen LogP contribution in [0.15, 0.2) is 46.0 Å². The average molecular weight is 297 g/mol. The summed E-state index contributed by atoms with van der Waals surface area (Å²) in [6, 6.07) is 8.43. The minimum absolute atomic E-state index is 0.0347. The molecule has 2 rings (SSSR count). The first kappa shape index (κ1) is 14.2. The van der Waals surface area contributed by atoms with Crippen LogP contribution < -0.4 is 4.72 Å².